The van der Waals surface area contributed by atoms with Gasteiger partial charge in [0.1, 0.15) is 0 Å². The summed E-state index contributed by atoms with van der Waals surface area (Å²) in [6.07, 6.45) is 0. The van der Waals surface area contributed by atoms with Crippen LogP contribution < -0.4 is 5.32 Å². The molecule has 1 aliphatic rings. The minimum Gasteiger partial charge on any atom is -0.353 e. The lowest BCUT2D eigenvalue weighted by molar-refractivity contribution is -0.123. The Labute approximate surface area is 103 Å². The van der Waals surface area contributed by atoms with Crippen molar-refractivity contribution in [2.24, 2.45) is 5.11 Å². The molecule has 1 fully saturated rings. The number of carbonyl (C=O) groups excluding carboxylic acids is 2. The molecule has 1 aromatic rings. The Morgan fingerprint density at radius 2 is 2.22 bits per heavy atom. The number of amides is 2. The Balaban J connectivity index is 2.28. The Kier molecular flexibility index (Phi) is 3.45. The summed E-state index contributed by atoms with van der Waals surface area (Å²) in [6.45, 7) is 0.923. The molecule has 2 rings (SSSR count). The third kappa shape index (κ3) is 2.41. The van der Waals surface area contributed by atoms with Crippen molar-refractivity contribution in [3.8, 4) is 0 Å². The van der Waals surface area contributed by atoms with E-state index in [0.717, 1.165) is 0 Å². The highest BCUT2D eigenvalue weighted by molar-refractivity contribution is 6.00. The van der Waals surface area contributed by atoms with Crippen LogP contribution in [0.25, 0.3) is 10.4 Å². The molecular formula is C11H11N5O2. The van der Waals surface area contributed by atoms with Crippen LogP contribution in [-0.2, 0) is 4.79 Å². The minimum absolute atomic E-state index is 0.0312. The molecule has 18 heavy (non-hydrogen) atoms. The Morgan fingerprint density at radius 1 is 1.44 bits per heavy atom. The Bertz CT molecular complexity index is 536. The number of piperazine rings is 1. The van der Waals surface area contributed by atoms with Gasteiger partial charge in [-0.1, -0.05) is 23.3 Å². The molecule has 1 aromatic carbocycles. The van der Waals surface area contributed by atoms with E-state index in [4.69, 9.17) is 5.53 Å². The quantitative estimate of drug-likeness (QED) is 0.481. The summed E-state index contributed by atoms with van der Waals surface area (Å²) in [5.74, 6) is -0.483. The van der Waals surface area contributed by atoms with Crippen molar-refractivity contribution in [2.45, 2.75) is 0 Å². The second kappa shape index (κ2) is 5.20. The molecule has 7 nitrogen and oxygen atoms in total. The molecule has 0 aromatic heterocycles. The summed E-state index contributed by atoms with van der Waals surface area (Å²) in [4.78, 5) is 27.6. The third-order valence-corrected chi connectivity index (χ3v) is 2.61. The monoisotopic (exact) mass is 245 g/mol. The highest BCUT2D eigenvalue weighted by atomic mass is 16.2. The third-order valence-electron chi connectivity index (χ3n) is 2.61. The summed E-state index contributed by atoms with van der Waals surface area (Å²) in [5, 5.41) is 6.12. The van der Waals surface area contributed by atoms with Gasteiger partial charge >= 0.3 is 0 Å². The fourth-order valence-corrected chi connectivity index (χ4v) is 1.77. The van der Waals surface area contributed by atoms with E-state index in [9.17, 15) is 9.59 Å². The molecule has 0 radical (unpaired) electrons. The normalized spacial score (nSPS) is 14.7. The molecule has 1 heterocycles. The van der Waals surface area contributed by atoms with E-state index < -0.39 is 0 Å². The number of benzene rings is 1. The summed E-state index contributed by atoms with van der Waals surface area (Å²) in [5.41, 5.74) is 9.03. The van der Waals surface area contributed by atoms with Gasteiger partial charge in [-0.05, 0) is 11.6 Å². The lowest BCUT2D eigenvalue weighted by atomic mass is 10.1. The molecule has 0 saturated carbocycles. The number of hydrogen-bond donors (Lipinski definition) is 1. The maximum atomic E-state index is 12.2. The number of nitrogens with one attached hydrogen (secondary N) is 1. The van der Waals surface area contributed by atoms with Crippen molar-refractivity contribution < 1.29 is 9.59 Å². The molecular weight excluding hydrogens is 234 g/mol. The highest BCUT2D eigenvalue weighted by Gasteiger charge is 2.23. The molecule has 0 spiro atoms. The first kappa shape index (κ1) is 11.9. The Hall–Kier alpha value is -2.53. The van der Waals surface area contributed by atoms with Gasteiger partial charge in [0.2, 0.25) is 5.91 Å². The van der Waals surface area contributed by atoms with Crippen LogP contribution in [0, 0.1) is 0 Å². The predicted octanol–water partition coefficient (Wildman–Crippen LogP) is 1.20. The average molecular weight is 245 g/mol. The zero-order valence-electron chi connectivity index (χ0n) is 9.54. The van der Waals surface area contributed by atoms with Crippen LogP contribution in [0.4, 0.5) is 5.69 Å². The van der Waals surface area contributed by atoms with Crippen molar-refractivity contribution in [1.29, 1.82) is 0 Å². The van der Waals surface area contributed by atoms with Crippen LogP contribution in [0.5, 0.6) is 0 Å². The number of nitrogens with zero attached hydrogens (tertiary/aromatic N) is 4. The van der Waals surface area contributed by atoms with Gasteiger partial charge in [-0.3, -0.25) is 9.59 Å². The summed E-state index contributed by atoms with van der Waals surface area (Å²) in [6, 6.07) is 6.52. The maximum absolute atomic E-state index is 12.2. The molecule has 0 atom stereocenters. The fourth-order valence-electron chi connectivity index (χ4n) is 1.77. The van der Waals surface area contributed by atoms with Gasteiger partial charge in [-0.15, -0.1) is 0 Å². The smallest absolute Gasteiger partial charge is 0.254 e. The van der Waals surface area contributed by atoms with E-state index in [2.05, 4.69) is 15.3 Å². The van der Waals surface area contributed by atoms with Crippen LogP contribution in [0.3, 0.4) is 0 Å². The van der Waals surface area contributed by atoms with Crippen LogP contribution in [0.1, 0.15) is 10.4 Å². The first-order valence-corrected chi connectivity index (χ1v) is 5.42. The van der Waals surface area contributed by atoms with Crippen molar-refractivity contribution in [3.05, 3.63) is 40.3 Å². The minimum atomic E-state index is -0.298. The predicted molar refractivity (Wildman–Crippen MR) is 64.2 cm³/mol. The van der Waals surface area contributed by atoms with Gasteiger partial charge in [0.05, 0.1) is 12.2 Å². The number of rotatable bonds is 2. The van der Waals surface area contributed by atoms with E-state index in [0.29, 0.717) is 18.7 Å². The van der Waals surface area contributed by atoms with E-state index in [1.807, 2.05) is 0 Å². The topological polar surface area (TPSA) is 98.2 Å². The van der Waals surface area contributed by atoms with Gasteiger partial charge in [0.25, 0.3) is 5.91 Å². The zero-order valence-corrected chi connectivity index (χ0v) is 9.54. The lowest BCUT2D eigenvalue weighted by Gasteiger charge is -2.27. The van der Waals surface area contributed by atoms with Gasteiger partial charge in [0.15, 0.2) is 0 Å². The molecule has 92 valence electrons. The number of azide groups is 1. The standard InChI is InChI=1S/C11H11N5O2/c12-15-14-9-4-2-1-3-8(9)11(18)16-6-5-13-10(17)7-16/h1-4H,5-7H2,(H,13,17). The molecule has 7 heteroatoms. The van der Waals surface area contributed by atoms with Crippen LogP contribution in [0.2, 0.25) is 0 Å². The molecule has 0 aliphatic carbocycles. The van der Waals surface area contributed by atoms with E-state index >= 15 is 0 Å². The van der Waals surface area contributed by atoms with E-state index in [1.54, 1.807) is 24.3 Å². The lowest BCUT2D eigenvalue weighted by Crippen LogP contribution is -2.49. The summed E-state index contributed by atoms with van der Waals surface area (Å²) >= 11 is 0. The summed E-state index contributed by atoms with van der Waals surface area (Å²) < 4.78 is 0. The van der Waals surface area contributed by atoms with Crippen molar-refractivity contribution in [2.75, 3.05) is 19.6 Å². The average Bonchev–Trinajstić information content (AvgIpc) is 2.39. The van der Waals surface area contributed by atoms with Crippen molar-refractivity contribution >= 4 is 17.5 Å². The van der Waals surface area contributed by atoms with E-state index in [1.165, 1.54) is 4.90 Å². The first-order valence-electron chi connectivity index (χ1n) is 5.42. The maximum Gasteiger partial charge on any atom is 0.254 e. The molecule has 1 aliphatic heterocycles. The Morgan fingerprint density at radius 3 is 2.94 bits per heavy atom. The van der Waals surface area contributed by atoms with Crippen molar-refractivity contribution in [3.63, 3.8) is 0 Å². The summed E-state index contributed by atoms with van der Waals surface area (Å²) in [7, 11) is 0. The number of hydrogen-bond acceptors (Lipinski definition) is 3. The van der Waals surface area contributed by atoms with Crippen molar-refractivity contribution in [1.82, 2.24) is 10.2 Å². The van der Waals surface area contributed by atoms with Gasteiger partial charge < -0.3 is 10.2 Å². The molecule has 1 N–H and O–H groups in total. The van der Waals surface area contributed by atoms with Crippen LogP contribution in [-0.4, -0.2) is 36.3 Å². The SMILES string of the molecule is [N-]=[N+]=Nc1ccccc1C(=O)N1CCNC(=O)C1. The number of carbonyl (C=O) groups is 2. The molecule has 0 unspecified atom stereocenters. The first-order chi connectivity index (χ1) is 8.72. The second-order valence-corrected chi connectivity index (χ2v) is 3.78. The van der Waals surface area contributed by atoms with Gasteiger partial charge in [0, 0.05) is 23.6 Å². The fraction of sp³-hybridized carbons (Fsp3) is 0.273. The van der Waals surface area contributed by atoms with Crippen LogP contribution >= 0.6 is 0 Å². The van der Waals surface area contributed by atoms with E-state index in [-0.39, 0.29) is 24.0 Å². The highest BCUT2D eigenvalue weighted by Crippen LogP contribution is 2.20. The van der Waals surface area contributed by atoms with Gasteiger partial charge in [-0.25, -0.2) is 0 Å². The second-order valence-electron chi connectivity index (χ2n) is 3.78. The molecule has 1 saturated heterocycles. The van der Waals surface area contributed by atoms with Crippen LogP contribution in [0.15, 0.2) is 29.4 Å². The zero-order chi connectivity index (χ0) is 13.0. The largest absolute Gasteiger partial charge is 0.353 e. The molecule has 0 bridgehead atoms. The van der Waals surface area contributed by atoms with Gasteiger partial charge in [-0.2, -0.15) is 0 Å². The molecule has 2 amide bonds.